The van der Waals surface area contributed by atoms with E-state index < -0.39 is 23.3 Å². The summed E-state index contributed by atoms with van der Waals surface area (Å²) in [6.45, 7) is 3.71. The second-order valence-corrected chi connectivity index (χ2v) is 9.65. The van der Waals surface area contributed by atoms with Crippen LogP contribution < -0.4 is 10.3 Å². The lowest BCUT2D eigenvalue weighted by molar-refractivity contribution is 0.0992. The topological polar surface area (TPSA) is 86.4 Å². The molecule has 7 nitrogen and oxygen atoms in total. The number of aliphatic hydroxyl groups is 1. The molecular formula is C31H28FN3O4. The third-order valence-corrected chi connectivity index (χ3v) is 6.57. The molecule has 0 saturated heterocycles. The molecule has 5 aromatic rings. The fourth-order valence-electron chi connectivity index (χ4n) is 4.71. The Bertz CT molecular complexity index is 1740. The normalized spacial score (nSPS) is 12.0. The van der Waals surface area contributed by atoms with Crippen molar-refractivity contribution in [1.82, 2.24) is 14.3 Å². The third kappa shape index (κ3) is 5.24. The molecule has 0 spiro atoms. The zero-order valence-corrected chi connectivity index (χ0v) is 21.9. The molecule has 0 aliphatic rings. The predicted molar refractivity (Wildman–Crippen MR) is 148 cm³/mol. The second-order valence-electron chi connectivity index (χ2n) is 9.65. The van der Waals surface area contributed by atoms with E-state index in [-0.39, 0.29) is 24.3 Å². The first-order valence-corrected chi connectivity index (χ1v) is 12.6. The summed E-state index contributed by atoms with van der Waals surface area (Å²) in [7, 11) is 1.56. The Morgan fingerprint density at radius 1 is 1.05 bits per heavy atom. The Kier molecular flexibility index (Phi) is 7.13. The number of halogens is 1. The molecule has 0 bridgehead atoms. The molecule has 0 radical (unpaired) electrons. The van der Waals surface area contributed by atoms with Crippen LogP contribution in [-0.2, 0) is 20.0 Å². The largest absolute Gasteiger partial charge is 0.454 e. The van der Waals surface area contributed by atoms with Gasteiger partial charge in [-0.1, -0.05) is 42.5 Å². The lowest BCUT2D eigenvalue weighted by atomic mass is 9.99. The molecule has 0 unspecified atom stereocenters. The number of hydrogen-bond acceptors (Lipinski definition) is 5. The SMILES string of the molecule is Cc1ccc2c(Oc3ccc(CC(=O)c4c(-c5ccccc5)n(C[C@@H](C)O)n(C)c4=O)cc3F)ccnc2c1. The maximum Gasteiger partial charge on any atom is 0.277 e. The van der Waals surface area contributed by atoms with Crippen LogP contribution in [0.1, 0.15) is 28.4 Å². The van der Waals surface area contributed by atoms with E-state index in [1.807, 2.05) is 43.3 Å². The zero-order valence-electron chi connectivity index (χ0n) is 21.9. The van der Waals surface area contributed by atoms with Crippen molar-refractivity contribution in [3.05, 3.63) is 112 Å². The molecule has 198 valence electrons. The molecule has 1 atom stereocenters. The van der Waals surface area contributed by atoms with Crippen molar-refractivity contribution in [2.45, 2.75) is 32.9 Å². The highest BCUT2D eigenvalue weighted by atomic mass is 19.1. The molecule has 8 heteroatoms. The van der Waals surface area contributed by atoms with Crippen LogP contribution in [0.25, 0.3) is 22.2 Å². The molecule has 0 fully saturated rings. The monoisotopic (exact) mass is 525 g/mol. The van der Waals surface area contributed by atoms with E-state index >= 15 is 4.39 Å². The third-order valence-electron chi connectivity index (χ3n) is 6.57. The second kappa shape index (κ2) is 10.7. The van der Waals surface area contributed by atoms with Crippen molar-refractivity contribution in [1.29, 1.82) is 0 Å². The summed E-state index contributed by atoms with van der Waals surface area (Å²) in [5, 5.41) is 10.8. The van der Waals surface area contributed by atoms with Crippen LogP contribution in [-0.4, -0.2) is 31.3 Å². The summed E-state index contributed by atoms with van der Waals surface area (Å²) < 4.78 is 24.0. The van der Waals surface area contributed by atoms with E-state index in [0.717, 1.165) is 16.5 Å². The van der Waals surface area contributed by atoms with Crippen molar-refractivity contribution in [3.63, 3.8) is 0 Å². The Hall–Kier alpha value is -4.56. The summed E-state index contributed by atoms with van der Waals surface area (Å²) in [5.74, 6) is -0.580. The molecule has 39 heavy (non-hydrogen) atoms. The van der Waals surface area contributed by atoms with Gasteiger partial charge in [-0.15, -0.1) is 0 Å². The van der Waals surface area contributed by atoms with Crippen LogP contribution in [0.5, 0.6) is 11.5 Å². The van der Waals surface area contributed by atoms with Crippen molar-refractivity contribution < 1.29 is 19.0 Å². The Morgan fingerprint density at radius 3 is 2.54 bits per heavy atom. The number of pyridine rings is 1. The Balaban J connectivity index is 1.45. The minimum atomic E-state index is -0.739. The molecule has 5 rings (SSSR count). The number of fused-ring (bicyclic) bond motifs is 1. The van der Waals surface area contributed by atoms with Gasteiger partial charge in [0.25, 0.3) is 5.56 Å². The number of aryl methyl sites for hydroxylation is 1. The summed E-state index contributed by atoms with van der Waals surface area (Å²) in [5.41, 5.74) is 2.84. The van der Waals surface area contributed by atoms with Gasteiger partial charge in [-0.2, -0.15) is 0 Å². The van der Waals surface area contributed by atoms with Gasteiger partial charge in [0.05, 0.1) is 23.9 Å². The predicted octanol–water partition coefficient (Wildman–Crippen LogP) is 5.45. The lowest BCUT2D eigenvalue weighted by Crippen LogP contribution is -2.25. The number of Topliss-reactive ketones (excluding diaryl/α,β-unsaturated/α-hetero) is 1. The lowest BCUT2D eigenvalue weighted by Gasteiger charge is -2.14. The minimum Gasteiger partial charge on any atom is -0.454 e. The number of carbonyl (C=O) groups excluding carboxylic acids is 1. The number of hydrogen-bond donors (Lipinski definition) is 1. The van der Waals surface area contributed by atoms with E-state index in [4.69, 9.17) is 4.74 Å². The molecule has 0 saturated carbocycles. The smallest absolute Gasteiger partial charge is 0.277 e. The number of aromatic nitrogens is 3. The molecule has 0 amide bonds. The summed E-state index contributed by atoms with van der Waals surface area (Å²) >= 11 is 0. The van der Waals surface area contributed by atoms with E-state index in [0.29, 0.717) is 22.6 Å². The van der Waals surface area contributed by atoms with Gasteiger partial charge >= 0.3 is 0 Å². The Morgan fingerprint density at radius 2 is 1.82 bits per heavy atom. The summed E-state index contributed by atoms with van der Waals surface area (Å²) in [6, 6.07) is 20.8. The highest BCUT2D eigenvalue weighted by molar-refractivity contribution is 6.02. The van der Waals surface area contributed by atoms with Crippen LogP contribution in [0.2, 0.25) is 0 Å². The average Bonchev–Trinajstić information content (AvgIpc) is 3.15. The van der Waals surface area contributed by atoms with Gasteiger partial charge in [-0.3, -0.25) is 23.9 Å². The van der Waals surface area contributed by atoms with Crippen LogP contribution in [0.3, 0.4) is 0 Å². The van der Waals surface area contributed by atoms with Gasteiger partial charge in [0.1, 0.15) is 11.3 Å². The van der Waals surface area contributed by atoms with Gasteiger partial charge < -0.3 is 9.84 Å². The van der Waals surface area contributed by atoms with Crippen molar-refractivity contribution in [2.75, 3.05) is 0 Å². The van der Waals surface area contributed by atoms with Crippen LogP contribution >= 0.6 is 0 Å². The standard InChI is InChI=1S/C31H28FN3O4/c1-19-9-11-23-25(15-19)33-14-13-27(23)39-28-12-10-21(16-24(28)32)17-26(37)29-30(22-7-5-4-6-8-22)35(18-20(2)36)34(3)31(29)38/h4-16,20,36H,17-18H2,1-3H3/t20-/m1/s1. The first-order chi connectivity index (χ1) is 18.7. The summed E-state index contributed by atoms with van der Waals surface area (Å²) in [4.78, 5) is 31.0. The molecule has 3 aromatic carbocycles. The number of aliphatic hydroxyl groups excluding tert-OH is 1. The highest BCUT2D eigenvalue weighted by Gasteiger charge is 2.26. The van der Waals surface area contributed by atoms with Crippen molar-refractivity contribution >= 4 is 16.7 Å². The molecule has 2 heterocycles. The highest BCUT2D eigenvalue weighted by Crippen LogP contribution is 2.31. The van der Waals surface area contributed by atoms with Crippen LogP contribution in [0, 0.1) is 12.7 Å². The quantitative estimate of drug-likeness (QED) is 0.272. The Labute approximate surface area is 224 Å². The number of benzene rings is 3. The molecule has 1 N–H and O–H groups in total. The fraction of sp³-hybridized carbons (Fsp3) is 0.194. The van der Waals surface area contributed by atoms with Crippen LogP contribution in [0.15, 0.2) is 83.8 Å². The van der Waals surface area contributed by atoms with Crippen molar-refractivity contribution in [3.8, 4) is 22.8 Å². The number of carbonyl (C=O) groups is 1. The maximum atomic E-state index is 15.1. The fourth-order valence-corrected chi connectivity index (χ4v) is 4.71. The van der Waals surface area contributed by atoms with E-state index in [1.165, 1.54) is 16.8 Å². The average molecular weight is 526 g/mol. The van der Waals surface area contributed by atoms with Gasteiger partial charge in [0, 0.05) is 30.6 Å². The van der Waals surface area contributed by atoms with Gasteiger partial charge in [0.2, 0.25) is 0 Å². The molecule has 0 aliphatic carbocycles. The van der Waals surface area contributed by atoms with Gasteiger partial charge in [-0.25, -0.2) is 4.39 Å². The van der Waals surface area contributed by atoms with Crippen LogP contribution in [0.4, 0.5) is 4.39 Å². The number of nitrogens with zero attached hydrogens (tertiary/aromatic N) is 3. The van der Waals surface area contributed by atoms with Gasteiger partial charge in [0.15, 0.2) is 17.3 Å². The van der Waals surface area contributed by atoms with E-state index in [9.17, 15) is 14.7 Å². The number of ether oxygens (including phenoxy) is 1. The number of ketones is 1. The minimum absolute atomic E-state index is 0.00336. The molecular weight excluding hydrogens is 497 g/mol. The maximum absolute atomic E-state index is 15.1. The van der Waals surface area contributed by atoms with Gasteiger partial charge in [-0.05, 0) is 55.3 Å². The first-order valence-electron chi connectivity index (χ1n) is 12.6. The van der Waals surface area contributed by atoms with E-state index in [2.05, 4.69) is 4.98 Å². The summed E-state index contributed by atoms with van der Waals surface area (Å²) in [6.07, 6.45) is 0.690. The molecule has 2 aromatic heterocycles. The van der Waals surface area contributed by atoms with Crippen molar-refractivity contribution in [2.24, 2.45) is 7.05 Å². The molecule has 0 aliphatic heterocycles. The zero-order chi connectivity index (χ0) is 27.7. The van der Waals surface area contributed by atoms with E-state index in [1.54, 1.807) is 49.1 Å². The first kappa shape index (κ1) is 26.1. The number of rotatable bonds is 8.